The second-order valence-corrected chi connectivity index (χ2v) is 8.35. The number of carbonyl (C=O) groups is 2. The molecule has 5 nitrogen and oxygen atoms in total. The van der Waals surface area contributed by atoms with Crippen molar-refractivity contribution in [2.24, 2.45) is 0 Å². The minimum atomic E-state index is -0.145. The second kappa shape index (κ2) is 12.2. The van der Waals surface area contributed by atoms with Crippen LogP contribution in [0, 0.1) is 0 Å². The number of halogens is 1. The fraction of sp³-hybridized carbons (Fsp3) is 0.652. The normalized spacial score (nSPS) is 15.7. The first-order chi connectivity index (χ1) is 14.0. The predicted molar refractivity (Wildman–Crippen MR) is 117 cm³/mol. The number of carbonyl (C=O) groups excluding carboxylic acids is 2. The summed E-state index contributed by atoms with van der Waals surface area (Å²) in [4.78, 5) is 26.7. The molecule has 1 aromatic rings. The monoisotopic (exact) mass is 422 g/mol. The molecule has 0 unspecified atom stereocenters. The van der Waals surface area contributed by atoms with Gasteiger partial charge in [-0.1, -0.05) is 37.6 Å². The molecule has 162 valence electrons. The van der Waals surface area contributed by atoms with Crippen molar-refractivity contribution in [3.05, 3.63) is 34.9 Å². The summed E-state index contributed by atoms with van der Waals surface area (Å²) in [5, 5.41) is 3.81. The van der Waals surface area contributed by atoms with Gasteiger partial charge in [-0.3, -0.25) is 9.59 Å². The van der Waals surface area contributed by atoms with Crippen LogP contribution < -0.4 is 5.32 Å². The quantitative estimate of drug-likeness (QED) is 0.577. The van der Waals surface area contributed by atoms with Gasteiger partial charge in [-0.15, -0.1) is 0 Å². The van der Waals surface area contributed by atoms with Crippen LogP contribution in [-0.2, 0) is 19.7 Å². The van der Waals surface area contributed by atoms with Crippen LogP contribution in [0.3, 0.4) is 0 Å². The Morgan fingerprint density at radius 1 is 1.14 bits per heavy atom. The van der Waals surface area contributed by atoms with Crippen LogP contribution in [0.15, 0.2) is 24.3 Å². The molecule has 0 spiro atoms. The minimum absolute atomic E-state index is 0.00299. The van der Waals surface area contributed by atoms with E-state index in [-0.39, 0.29) is 17.2 Å². The maximum absolute atomic E-state index is 12.4. The molecule has 0 radical (unpaired) electrons. The molecule has 2 amide bonds. The summed E-state index contributed by atoms with van der Waals surface area (Å²) in [6.07, 6.45) is 5.02. The van der Waals surface area contributed by atoms with Crippen molar-refractivity contribution < 1.29 is 14.3 Å². The van der Waals surface area contributed by atoms with Crippen molar-refractivity contribution in [1.29, 1.82) is 0 Å². The lowest BCUT2D eigenvalue weighted by atomic mass is 9.74. The van der Waals surface area contributed by atoms with Crippen molar-refractivity contribution in [2.45, 2.75) is 64.2 Å². The van der Waals surface area contributed by atoms with Crippen LogP contribution in [0.4, 0.5) is 0 Å². The van der Waals surface area contributed by atoms with E-state index in [1.54, 1.807) is 0 Å². The fourth-order valence-electron chi connectivity index (χ4n) is 3.96. The third-order valence-corrected chi connectivity index (χ3v) is 5.88. The molecule has 1 N–H and O–H groups in total. The Kier molecular flexibility index (Phi) is 9.95. The zero-order valence-electron chi connectivity index (χ0n) is 17.8. The SMILES string of the molecule is CCCN(CCC)C(=O)CCCC(=O)NCC1(c2cccc(Cl)c2)CCOCC1. The Labute approximate surface area is 180 Å². The summed E-state index contributed by atoms with van der Waals surface area (Å²) >= 11 is 6.20. The molecule has 0 atom stereocenters. The van der Waals surface area contributed by atoms with Crippen LogP contribution in [0.1, 0.15) is 64.4 Å². The third kappa shape index (κ3) is 7.31. The minimum Gasteiger partial charge on any atom is -0.381 e. The van der Waals surface area contributed by atoms with Crippen molar-refractivity contribution in [3.8, 4) is 0 Å². The molecule has 6 heteroatoms. The maximum Gasteiger partial charge on any atom is 0.222 e. The zero-order valence-corrected chi connectivity index (χ0v) is 18.6. The lowest BCUT2D eigenvalue weighted by molar-refractivity contribution is -0.131. The van der Waals surface area contributed by atoms with Gasteiger partial charge < -0.3 is 15.0 Å². The highest BCUT2D eigenvalue weighted by Gasteiger charge is 2.35. The van der Waals surface area contributed by atoms with E-state index < -0.39 is 0 Å². The Balaban J connectivity index is 1.85. The number of rotatable bonds is 11. The first-order valence-corrected chi connectivity index (χ1v) is 11.3. The van der Waals surface area contributed by atoms with E-state index in [9.17, 15) is 9.59 Å². The number of hydrogen-bond donors (Lipinski definition) is 1. The predicted octanol–water partition coefficient (Wildman–Crippen LogP) is 4.32. The van der Waals surface area contributed by atoms with Gasteiger partial charge in [0, 0.05) is 56.1 Å². The summed E-state index contributed by atoms with van der Waals surface area (Å²) in [5.74, 6) is 0.157. The maximum atomic E-state index is 12.4. The molecular weight excluding hydrogens is 388 g/mol. The average Bonchev–Trinajstić information content (AvgIpc) is 2.73. The first-order valence-electron chi connectivity index (χ1n) is 10.9. The number of hydrogen-bond acceptors (Lipinski definition) is 3. The summed E-state index contributed by atoms with van der Waals surface area (Å²) < 4.78 is 5.55. The summed E-state index contributed by atoms with van der Waals surface area (Å²) in [7, 11) is 0. The van der Waals surface area contributed by atoms with E-state index in [4.69, 9.17) is 16.3 Å². The standard InChI is InChI=1S/C23H35ClN2O3/c1-3-13-26(14-4-2)22(28)10-6-9-21(27)25-18-23(11-15-29-16-12-23)19-7-5-8-20(24)17-19/h5,7-8,17H,3-4,6,9-16,18H2,1-2H3,(H,25,27). The van der Waals surface area contributed by atoms with Gasteiger partial charge in [0.25, 0.3) is 0 Å². The van der Waals surface area contributed by atoms with E-state index in [2.05, 4.69) is 25.2 Å². The number of nitrogens with one attached hydrogen (secondary N) is 1. The molecule has 1 aliphatic heterocycles. The van der Waals surface area contributed by atoms with Gasteiger partial charge >= 0.3 is 0 Å². The fourth-order valence-corrected chi connectivity index (χ4v) is 4.15. The molecule has 0 aliphatic carbocycles. The number of amides is 2. The third-order valence-electron chi connectivity index (χ3n) is 5.65. The van der Waals surface area contributed by atoms with Crippen molar-refractivity contribution in [2.75, 3.05) is 32.8 Å². The number of nitrogens with zero attached hydrogens (tertiary/aromatic N) is 1. The average molecular weight is 423 g/mol. The highest BCUT2D eigenvalue weighted by Crippen LogP contribution is 2.35. The lowest BCUT2D eigenvalue weighted by Gasteiger charge is -2.38. The van der Waals surface area contributed by atoms with Gasteiger partial charge in [0.05, 0.1) is 0 Å². The molecule has 0 aromatic heterocycles. The molecule has 29 heavy (non-hydrogen) atoms. The van der Waals surface area contributed by atoms with Crippen molar-refractivity contribution in [1.82, 2.24) is 10.2 Å². The summed E-state index contributed by atoms with van der Waals surface area (Å²) in [6, 6.07) is 7.90. The van der Waals surface area contributed by atoms with Crippen LogP contribution in [0.2, 0.25) is 5.02 Å². The van der Waals surface area contributed by atoms with Crippen molar-refractivity contribution >= 4 is 23.4 Å². The topological polar surface area (TPSA) is 58.6 Å². The smallest absolute Gasteiger partial charge is 0.222 e. The highest BCUT2D eigenvalue weighted by atomic mass is 35.5. The van der Waals surface area contributed by atoms with Crippen LogP contribution in [-0.4, -0.2) is 49.6 Å². The molecule has 1 aliphatic rings. The molecule has 1 heterocycles. The Hall–Kier alpha value is -1.59. The van der Waals surface area contributed by atoms with Gasteiger partial charge in [-0.25, -0.2) is 0 Å². The molecule has 2 rings (SSSR count). The van der Waals surface area contributed by atoms with Gasteiger partial charge in [0.1, 0.15) is 0 Å². The van der Waals surface area contributed by atoms with E-state index in [0.29, 0.717) is 44.0 Å². The molecule has 0 bridgehead atoms. The lowest BCUT2D eigenvalue weighted by Crippen LogP contribution is -2.44. The molecular formula is C23H35ClN2O3. The van der Waals surface area contributed by atoms with Gasteiger partial charge in [0.15, 0.2) is 0 Å². The van der Waals surface area contributed by atoms with E-state index >= 15 is 0 Å². The van der Waals surface area contributed by atoms with Crippen LogP contribution in [0.5, 0.6) is 0 Å². The molecule has 1 saturated heterocycles. The van der Waals surface area contributed by atoms with Crippen LogP contribution in [0.25, 0.3) is 0 Å². The summed E-state index contributed by atoms with van der Waals surface area (Å²) in [6.45, 7) is 7.68. The molecule has 1 fully saturated rings. The van der Waals surface area contributed by atoms with E-state index in [1.807, 2.05) is 23.1 Å². The Morgan fingerprint density at radius 3 is 2.45 bits per heavy atom. The Bertz CT molecular complexity index is 653. The highest BCUT2D eigenvalue weighted by molar-refractivity contribution is 6.30. The Morgan fingerprint density at radius 2 is 1.83 bits per heavy atom. The van der Waals surface area contributed by atoms with E-state index in [0.717, 1.165) is 44.3 Å². The van der Waals surface area contributed by atoms with Gasteiger partial charge in [-0.2, -0.15) is 0 Å². The van der Waals surface area contributed by atoms with Gasteiger partial charge in [0.2, 0.25) is 11.8 Å². The molecule has 1 aromatic carbocycles. The van der Waals surface area contributed by atoms with Gasteiger partial charge in [-0.05, 0) is 49.8 Å². The van der Waals surface area contributed by atoms with E-state index in [1.165, 1.54) is 0 Å². The number of ether oxygens (including phenoxy) is 1. The summed E-state index contributed by atoms with van der Waals surface area (Å²) in [5.41, 5.74) is 1.01. The molecule has 0 saturated carbocycles. The van der Waals surface area contributed by atoms with Crippen molar-refractivity contribution in [3.63, 3.8) is 0 Å². The zero-order chi connectivity index (χ0) is 21.1. The largest absolute Gasteiger partial charge is 0.381 e. The van der Waals surface area contributed by atoms with Crippen LogP contribution >= 0.6 is 11.6 Å². The first kappa shape index (κ1) is 23.7. The number of benzene rings is 1. The second-order valence-electron chi connectivity index (χ2n) is 7.91.